The van der Waals surface area contributed by atoms with Crippen molar-refractivity contribution >= 4 is 11.9 Å². The molecular formula is C17H27N3O4. The van der Waals surface area contributed by atoms with Crippen molar-refractivity contribution in [2.75, 3.05) is 19.8 Å². The van der Waals surface area contributed by atoms with E-state index in [0.29, 0.717) is 24.6 Å². The lowest BCUT2D eigenvalue weighted by Crippen LogP contribution is -2.26. The van der Waals surface area contributed by atoms with Crippen molar-refractivity contribution in [1.29, 1.82) is 0 Å². The number of hydrogen-bond acceptors (Lipinski definition) is 4. The predicted molar refractivity (Wildman–Crippen MR) is 89.1 cm³/mol. The summed E-state index contributed by atoms with van der Waals surface area (Å²) in [6.45, 7) is 4.03. The third kappa shape index (κ3) is 5.33. The summed E-state index contributed by atoms with van der Waals surface area (Å²) in [6.07, 6.45) is 7.08. The topological polar surface area (TPSA) is 93.5 Å². The molecule has 1 aromatic rings. The maximum Gasteiger partial charge on any atom is 0.303 e. The SMILES string of the molecule is Cc1c(C(=O)NCCCCCCC(=O)O)cnn1C1CCOCC1. The lowest BCUT2D eigenvalue weighted by molar-refractivity contribution is -0.137. The summed E-state index contributed by atoms with van der Waals surface area (Å²) in [7, 11) is 0. The quantitative estimate of drug-likeness (QED) is 0.675. The van der Waals surface area contributed by atoms with E-state index >= 15 is 0 Å². The number of carbonyl (C=O) groups is 2. The Labute approximate surface area is 142 Å². The molecule has 24 heavy (non-hydrogen) atoms. The Morgan fingerprint density at radius 1 is 1.29 bits per heavy atom. The molecule has 2 rings (SSSR count). The summed E-state index contributed by atoms with van der Waals surface area (Å²) in [5.41, 5.74) is 1.54. The van der Waals surface area contributed by atoms with Crippen LogP contribution in [0.3, 0.4) is 0 Å². The van der Waals surface area contributed by atoms with E-state index in [4.69, 9.17) is 9.84 Å². The molecule has 1 aliphatic rings. The number of aliphatic carboxylic acids is 1. The van der Waals surface area contributed by atoms with E-state index in [9.17, 15) is 9.59 Å². The van der Waals surface area contributed by atoms with Crippen molar-refractivity contribution < 1.29 is 19.4 Å². The standard InChI is InChI=1S/C17H27N3O4/c1-13-15(12-19-20(13)14-7-10-24-11-8-14)17(23)18-9-5-3-2-4-6-16(21)22/h12,14H,2-11H2,1H3,(H,18,23)(H,21,22). The maximum absolute atomic E-state index is 12.3. The van der Waals surface area contributed by atoms with E-state index in [1.54, 1.807) is 6.20 Å². The number of ether oxygens (including phenoxy) is 1. The van der Waals surface area contributed by atoms with E-state index in [1.807, 2.05) is 11.6 Å². The Bertz CT molecular complexity index is 550. The van der Waals surface area contributed by atoms with Crippen molar-refractivity contribution in [2.45, 2.75) is 57.9 Å². The fraction of sp³-hybridized carbons (Fsp3) is 0.706. The second kappa shape index (κ2) is 9.42. The van der Waals surface area contributed by atoms with Gasteiger partial charge in [-0.2, -0.15) is 5.10 Å². The minimum Gasteiger partial charge on any atom is -0.481 e. The van der Waals surface area contributed by atoms with Crippen molar-refractivity contribution in [3.05, 3.63) is 17.5 Å². The fourth-order valence-electron chi connectivity index (χ4n) is 3.00. The average Bonchev–Trinajstić information content (AvgIpc) is 2.96. The third-order valence-corrected chi connectivity index (χ3v) is 4.43. The highest BCUT2D eigenvalue weighted by molar-refractivity contribution is 5.95. The molecular weight excluding hydrogens is 310 g/mol. The molecule has 134 valence electrons. The predicted octanol–water partition coefficient (Wildman–Crippen LogP) is 2.31. The van der Waals surface area contributed by atoms with Gasteiger partial charge in [0.05, 0.1) is 17.8 Å². The van der Waals surface area contributed by atoms with Crippen LogP contribution in [0.15, 0.2) is 6.20 Å². The van der Waals surface area contributed by atoms with Crippen molar-refractivity contribution in [3.8, 4) is 0 Å². The molecule has 1 aliphatic heterocycles. The number of aromatic nitrogens is 2. The zero-order valence-electron chi connectivity index (χ0n) is 14.3. The molecule has 2 N–H and O–H groups in total. The van der Waals surface area contributed by atoms with E-state index in [2.05, 4.69) is 10.4 Å². The van der Waals surface area contributed by atoms with Gasteiger partial charge in [-0.05, 0) is 32.6 Å². The highest BCUT2D eigenvalue weighted by Gasteiger charge is 2.21. The molecule has 1 fully saturated rings. The molecule has 0 aromatic carbocycles. The molecule has 7 heteroatoms. The highest BCUT2D eigenvalue weighted by Crippen LogP contribution is 2.23. The Morgan fingerprint density at radius 3 is 2.71 bits per heavy atom. The smallest absolute Gasteiger partial charge is 0.303 e. The molecule has 1 saturated heterocycles. The summed E-state index contributed by atoms with van der Waals surface area (Å²) in [5, 5.41) is 15.9. The summed E-state index contributed by atoms with van der Waals surface area (Å²) in [4.78, 5) is 22.7. The van der Waals surface area contributed by atoms with Crippen LogP contribution in [0.5, 0.6) is 0 Å². The fourth-order valence-corrected chi connectivity index (χ4v) is 3.00. The summed E-state index contributed by atoms with van der Waals surface area (Å²) < 4.78 is 7.32. The van der Waals surface area contributed by atoms with Crippen LogP contribution in [0.1, 0.15) is 67.0 Å². The van der Waals surface area contributed by atoms with Gasteiger partial charge in [-0.25, -0.2) is 0 Å². The average molecular weight is 337 g/mol. The van der Waals surface area contributed by atoms with Gasteiger partial charge in [-0.1, -0.05) is 12.8 Å². The van der Waals surface area contributed by atoms with E-state index in [0.717, 1.165) is 51.0 Å². The van der Waals surface area contributed by atoms with Crippen LogP contribution < -0.4 is 5.32 Å². The normalized spacial score (nSPS) is 15.4. The molecule has 0 aliphatic carbocycles. The lowest BCUT2D eigenvalue weighted by atomic mass is 10.1. The van der Waals surface area contributed by atoms with Crippen LogP contribution in [-0.2, 0) is 9.53 Å². The van der Waals surface area contributed by atoms with Crippen molar-refractivity contribution in [2.24, 2.45) is 0 Å². The van der Waals surface area contributed by atoms with Crippen molar-refractivity contribution in [3.63, 3.8) is 0 Å². The Morgan fingerprint density at radius 2 is 2.00 bits per heavy atom. The Balaban J connectivity index is 1.72. The number of rotatable bonds is 9. The lowest BCUT2D eigenvalue weighted by Gasteiger charge is -2.23. The summed E-state index contributed by atoms with van der Waals surface area (Å²) >= 11 is 0. The first-order chi connectivity index (χ1) is 11.6. The number of carboxylic acid groups (broad SMARTS) is 1. The van der Waals surface area contributed by atoms with Crippen molar-refractivity contribution in [1.82, 2.24) is 15.1 Å². The van der Waals surface area contributed by atoms with Gasteiger partial charge < -0.3 is 15.2 Å². The molecule has 0 radical (unpaired) electrons. The maximum atomic E-state index is 12.3. The second-order valence-electron chi connectivity index (χ2n) is 6.25. The molecule has 1 amide bonds. The Hall–Kier alpha value is -1.89. The molecule has 0 spiro atoms. The first kappa shape index (κ1) is 18.4. The second-order valence-corrected chi connectivity index (χ2v) is 6.25. The van der Waals surface area contributed by atoms with Gasteiger partial charge in [-0.15, -0.1) is 0 Å². The zero-order valence-corrected chi connectivity index (χ0v) is 14.3. The van der Waals surface area contributed by atoms with Gasteiger partial charge >= 0.3 is 5.97 Å². The number of carboxylic acids is 1. The van der Waals surface area contributed by atoms with E-state index in [-0.39, 0.29) is 12.3 Å². The van der Waals surface area contributed by atoms with Gasteiger partial charge in [0.2, 0.25) is 0 Å². The van der Waals surface area contributed by atoms with E-state index < -0.39 is 5.97 Å². The van der Waals surface area contributed by atoms with Gasteiger partial charge in [-0.3, -0.25) is 14.3 Å². The van der Waals surface area contributed by atoms with Crippen LogP contribution in [0.25, 0.3) is 0 Å². The molecule has 0 bridgehead atoms. The van der Waals surface area contributed by atoms with Crippen LogP contribution in [0.4, 0.5) is 0 Å². The third-order valence-electron chi connectivity index (χ3n) is 4.43. The van der Waals surface area contributed by atoms with E-state index in [1.165, 1.54) is 0 Å². The molecule has 0 atom stereocenters. The minimum absolute atomic E-state index is 0.0867. The van der Waals surface area contributed by atoms with Gasteiger partial charge in [0, 0.05) is 31.9 Å². The Kier molecular flexibility index (Phi) is 7.24. The molecule has 0 saturated carbocycles. The van der Waals surface area contributed by atoms with Crippen LogP contribution >= 0.6 is 0 Å². The number of hydrogen-bond donors (Lipinski definition) is 2. The zero-order chi connectivity index (χ0) is 17.4. The number of amides is 1. The van der Waals surface area contributed by atoms with Gasteiger partial charge in [0.25, 0.3) is 5.91 Å². The molecule has 2 heterocycles. The molecule has 1 aromatic heterocycles. The minimum atomic E-state index is -0.750. The highest BCUT2D eigenvalue weighted by atomic mass is 16.5. The van der Waals surface area contributed by atoms with Gasteiger partial charge in [0.15, 0.2) is 0 Å². The first-order valence-electron chi connectivity index (χ1n) is 8.71. The largest absolute Gasteiger partial charge is 0.481 e. The van der Waals surface area contributed by atoms with Gasteiger partial charge in [0.1, 0.15) is 0 Å². The van der Waals surface area contributed by atoms with Crippen LogP contribution in [0.2, 0.25) is 0 Å². The monoisotopic (exact) mass is 337 g/mol. The number of unbranched alkanes of at least 4 members (excludes halogenated alkanes) is 3. The van der Waals surface area contributed by atoms with Crippen LogP contribution in [-0.4, -0.2) is 46.5 Å². The van der Waals surface area contributed by atoms with Crippen LogP contribution in [0, 0.1) is 6.92 Å². The molecule has 0 unspecified atom stereocenters. The first-order valence-corrected chi connectivity index (χ1v) is 8.71. The summed E-state index contributed by atoms with van der Waals surface area (Å²) in [5.74, 6) is -0.836. The summed E-state index contributed by atoms with van der Waals surface area (Å²) in [6, 6.07) is 0.314. The molecule has 7 nitrogen and oxygen atoms in total. The number of carbonyl (C=O) groups excluding carboxylic acids is 1. The number of nitrogens with zero attached hydrogens (tertiary/aromatic N) is 2. The number of nitrogens with one attached hydrogen (secondary N) is 1.